The summed E-state index contributed by atoms with van der Waals surface area (Å²) in [5, 5.41) is 22.7. The summed E-state index contributed by atoms with van der Waals surface area (Å²) in [6, 6.07) is 10.2. The Morgan fingerprint density at radius 3 is 2.93 bits per heavy atom. The highest BCUT2D eigenvalue weighted by Gasteiger charge is 2.18. The molecular formula is C21H20N8S. The first-order valence-electron chi connectivity index (χ1n) is 9.78. The van der Waals surface area contributed by atoms with Crippen molar-refractivity contribution in [2.75, 3.05) is 18.8 Å². The Hall–Kier alpha value is -3.35. The Balaban J connectivity index is 1.56. The minimum Gasteiger partial charge on any atom is -0.384 e. The first kappa shape index (κ1) is 18.7. The summed E-state index contributed by atoms with van der Waals surface area (Å²) in [5.74, 6) is 0.462. The number of fused-ring (bicyclic) bond motifs is 1. The van der Waals surface area contributed by atoms with Gasteiger partial charge in [-0.2, -0.15) is 15.5 Å². The maximum Gasteiger partial charge on any atom is 0.124 e. The van der Waals surface area contributed by atoms with E-state index in [1.165, 1.54) is 11.8 Å². The summed E-state index contributed by atoms with van der Waals surface area (Å²) in [6.07, 6.45) is 9.78. The molecule has 0 radical (unpaired) electrons. The number of nitriles is 1. The third kappa shape index (κ3) is 3.51. The van der Waals surface area contributed by atoms with Crippen molar-refractivity contribution in [1.82, 2.24) is 29.7 Å². The van der Waals surface area contributed by atoms with Crippen molar-refractivity contribution < 1.29 is 0 Å². The van der Waals surface area contributed by atoms with Gasteiger partial charge in [-0.05, 0) is 37.6 Å². The zero-order chi connectivity index (χ0) is 20.5. The maximum atomic E-state index is 9.53. The van der Waals surface area contributed by atoms with Crippen LogP contribution in [0.3, 0.4) is 0 Å². The van der Waals surface area contributed by atoms with E-state index >= 15 is 0 Å². The maximum absolute atomic E-state index is 9.53. The first-order chi connectivity index (χ1) is 14.7. The topological polar surface area (TPSA) is 110 Å². The van der Waals surface area contributed by atoms with Crippen LogP contribution in [0.1, 0.15) is 24.4 Å². The Morgan fingerprint density at radius 2 is 2.13 bits per heavy atom. The van der Waals surface area contributed by atoms with Crippen molar-refractivity contribution in [1.29, 1.82) is 5.26 Å². The van der Waals surface area contributed by atoms with Crippen LogP contribution in [-0.2, 0) is 0 Å². The summed E-state index contributed by atoms with van der Waals surface area (Å²) in [5.41, 5.74) is 9.13. The summed E-state index contributed by atoms with van der Waals surface area (Å²) in [4.78, 5) is 5.28. The van der Waals surface area contributed by atoms with Crippen molar-refractivity contribution in [3.05, 3.63) is 54.6 Å². The van der Waals surface area contributed by atoms with Crippen LogP contribution in [0, 0.1) is 11.3 Å². The molecule has 5 rings (SSSR count). The number of rotatable bonds is 4. The fraction of sp³-hybridized carbons (Fsp3) is 0.238. The van der Waals surface area contributed by atoms with Crippen LogP contribution in [0.5, 0.6) is 0 Å². The molecule has 0 spiro atoms. The molecule has 0 aliphatic carbocycles. The molecule has 1 atom stereocenters. The van der Waals surface area contributed by atoms with E-state index in [-0.39, 0.29) is 0 Å². The fourth-order valence-corrected chi connectivity index (χ4v) is 4.76. The zero-order valence-electron chi connectivity index (χ0n) is 16.2. The predicted molar refractivity (Wildman–Crippen MR) is 115 cm³/mol. The van der Waals surface area contributed by atoms with Gasteiger partial charge in [0.05, 0.1) is 29.5 Å². The summed E-state index contributed by atoms with van der Waals surface area (Å²) in [6.45, 7) is 2.01. The van der Waals surface area contributed by atoms with Crippen molar-refractivity contribution >= 4 is 23.1 Å². The number of aromatic nitrogens is 5. The van der Waals surface area contributed by atoms with Crippen molar-refractivity contribution in [2.45, 2.75) is 28.8 Å². The van der Waals surface area contributed by atoms with Gasteiger partial charge < -0.3 is 11.1 Å². The molecular weight excluding hydrogens is 396 g/mol. The van der Waals surface area contributed by atoms with E-state index in [1.807, 2.05) is 29.2 Å². The van der Waals surface area contributed by atoms with Crippen LogP contribution in [0.15, 0.2) is 59.0 Å². The molecule has 150 valence electrons. The van der Waals surface area contributed by atoms with Crippen LogP contribution >= 0.6 is 11.8 Å². The highest BCUT2D eigenvalue weighted by molar-refractivity contribution is 7.99. The van der Waals surface area contributed by atoms with E-state index in [0.29, 0.717) is 17.4 Å². The summed E-state index contributed by atoms with van der Waals surface area (Å²) < 4.78 is 3.80. The van der Waals surface area contributed by atoms with Gasteiger partial charge in [0.25, 0.3) is 0 Å². The van der Waals surface area contributed by atoms with Crippen LogP contribution in [0.2, 0.25) is 0 Å². The Bertz CT molecular complexity index is 1250. The molecule has 4 aromatic heterocycles. The molecule has 4 aromatic rings. The van der Waals surface area contributed by atoms with Gasteiger partial charge in [0.1, 0.15) is 16.9 Å². The number of anilines is 1. The van der Waals surface area contributed by atoms with Gasteiger partial charge in [-0.15, -0.1) is 0 Å². The molecule has 1 aliphatic heterocycles. The molecule has 1 aliphatic rings. The molecule has 0 amide bonds. The normalized spacial score (nSPS) is 16.6. The van der Waals surface area contributed by atoms with Crippen molar-refractivity contribution in [2.24, 2.45) is 0 Å². The predicted octanol–water partition coefficient (Wildman–Crippen LogP) is 3.12. The van der Waals surface area contributed by atoms with E-state index in [0.717, 1.165) is 52.5 Å². The quantitative estimate of drug-likeness (QED) is 0.526. The molecule has 5 heterocycles. The largest absolute Gasteiger partial charge is 0.384 e. The molecule has 1 saturated heterocycles. The summed E-state index contributed by atoms with van der Waals surface area (Å²) in [7, 11) is 0. The highest BCUT2D eigenvalue weighted by Crippen LogP contribution is 2.35. The molecule has 1 fully saturated rings. The lowest BCUT2D eigenvalue weighted by atomic mass is 10.1. The summed E-state index contributed by atoms with van der Waals surface area (Å²) >= 11 is 1.47. The Labute approximate surface area is 177 Å². The molecule has 8 nitrogen and oxygen atoms in total. The van der Waals surface area contributed by atoms with Gasteiger partial charge >= 0.3 is 0 Å². The van der Waals surface area contributed by atoms with Gasteiger partial charge in [0, 0.05) is 35.0 Å². The smallest absolute Gasteiger partial charge is 0.124 e. The van der Waals surface area contributed by atoms with E-state index in [1.54, 1.807) is 16.8 Å². The standard InChI is InChI=1S/C21H20N8S/c22-8-15-9-26-29-12-14(16-10-25-28(13-16)17-3-2-6-24-11-17)7-18(21(15)29)30-20-5-1-4-19(23)27-20/h1,4-5,7,9-10,12-13,17,24H,2-3,6,11H2,(H2,23,27)/t17-/m0/s1. The van der Waals surface area contributed by atoms with E-state index < -0.39 is 0 Å². The van der Waals surface area contributed by atoms with Crippen LogP contribution in [0.25, 0.3) is 16.6 Å². The van der Waals surface area contributed by atoms with Crippen LogP contribution < -0.4 is 11.1 Å². The molecule has 30 heavy (non-hydrogen) atoms. The average molecular weight is 417 g/mol. The second kappa shape index (κ2) is 7.82. The number of hydrogen-bond acceptors (Lipinski definition) is 7. The monoisotopic (exact) mass is 416 g/mol. The molecule has 0 bridgehead atoms. The number of nitrogens with two attached hydrogens (primary N) is 1. The second-order valence-corrected chi connectivity index (χ2v) is 8.33. The van der Waals surface area contributed by atoms with Gasteiger partial charge in [-0.1, -0.05) is 17.8 Å². The van der Waals surface area contributed by atoms with E-state index in [9.17, 15) is 5.26 Å². The average Bonchev–Trinajstić information content (AvgIpc) is 3.42. The van der Waals surface area contributed by atoms with Crippen LogP contribution in [0.4, 0.5) is 5.82 Å². The van der Waals surface area contributed by atoms with E-state index in [2.05, 4.69) is 38.8 Å². The third-order valence-electron chi connectivity index (χ3n) is 5.24. The Kier molecular flexibility index (Phi) is 4.86. The zero-order valence-corrected chi connectivity index (χ0v) is 17.0. The minimum absolute atomic E-state index is 0.372. The molecule has 3 N–H and O–H groups in total. The lowest BCUT2D eigenvalue weighted by molar-refractivity contribution is 0.347. The number of nitrogens with one attached hydrogen (secondary N) is 1. The Morgan fingerprint density at radius 1 is 1.20 bits per heavy atom. The molecule has 9 heteroatoms. The van der Waals surface area contributed by atoms with Crippen molar-refractivity contribution in [3.63, 3.8) is 0 Å². The molecule has 0 aromatic carbocycles. The lowest BCUT2D eigenvalue weighted by Gasteiger charge is -2.22. The minimum atomic E-state index is 0.372. The van der Waals surface area contributed by atoms with Gasteiger partial charge in [-0.3, -0.25) is 4.68 Å². The van der Waals surface area contributed by atoms with Crippen LogP contribution in [-0.4, -0.2) is 37.5 Å². The van der Waals surface area contributed by atoms with E-state index in [4.69, 9.17) is 5.73 Å². The SMILES string of the molecule is N#Cc1cnn2cc(-c3cnn([C@H]4CCCNC4)c3)cc(Sc3cccc(N)n3)c12. The number of pyridine rings is 2. The first-order valence-corrected chi connectivity index (χ1v) is 10.6. The fourth-order valence-electron chi connectivity index (χ4n) is 3.75. The van der Waals surface area contributed by atoms with Gasteiger partial charge in [0.15, 0.2) is 0 Å². The second-order valence-electron chi connectivity index (χ2n) is 7.27. The van der Waals surface area contributed by atoms with Crippen molar-refractivity contribution in [3.8, 4) is 17.2 Å². The highest BCUT2D eigenvalue weighted by atomic mass is 32.2. The molecule has 0 unspecified atom stereocenters. The van der Waals surface area contributed by atoms with Gasteiger partial charge in [0.2, 0.25) is 0 Å². The molecule has 0 saturated carbocycles. The number of nitrogens with zero attached hydrogens (tertiary/aromatic N) is 6. The number of nitrogen functional groups attached to an aromatic ring is 1. The lowest BCUT2D eigenvalue weighted by Crippen LogP contribution is -2.31. The third-order valence-corrected chi connectivity index (χ3v) is 6.20. The number of piperidine rings is 1. The number of hydrogen-bond donors (Lipinski definition) is 2. The van der Waals surface area contributed by atoms with Gasteiger partial charge in [-0.25, -0.2) is 9.50 Å².